The Morgan fingerprint density at radius 3 is 2.91 bits per heavy atom. The number of pyridine rings is 1. The molecule has 23 heavy (non-hydrogen) atoms. The van der Waals surface area contributed by atoms with E-state index in [9.17, 15) is 4.79 Å². The van der Waals surface area contributed by atoms with Gasteiger partial charge in [-0.2, -0.15) is 10.2 Å². The smallest absolute Gasteiger partial charge is 0.255 e. The number of ether oxygens (including phenoxy) is 1. The molecule has 1 amide bonds. The number of nitrogens with zero attached hydrogens (tertiary/aromatic N) is 5. The van der Waals surface area contributed by atoms with Gasteiger partial charge in [0.2, 0.25) is 0 Å². The zero-order valence-electron chi connectivity index (χ0n) is 13.2. The molecular weight excluding hydrogens is 294 g/mol. The number of hydrogen-bond acceptors (Lipinski definition) is 6. The van der Waals surface area contributed by atoms with Crippen molar-refractivity contribution in [3.63, 3.8) is 0 Å². The summed E-state index contributed by atoms with van der Waals surface area (Å²) in [5.74, 6) is 0.810. The van der Waals surface area contributed by atoms with Crippen molar-refractivity contribution in [2.24, 2.45) is 0 Å². The first kappa shape index (κ1) is 15.4. The van der Waals surface area contributed by atoms with Crippen molar-refractivity contribution >= 4 is 11.7 Å². The largest absolute Gasteiger partial charge is 0.368 e. The van der Waals surface area contributed by atoms with E-state index in [1.807, 2.05) is 37.2 Å². The molecule has 0 N–H and O–H groups in total. The molecule has 3 rings (SSSR count). The van der Waals surface area contributed by atoms with Crippen LogP contribution in [0.1, 0.15) is 22.2 Å². The molecule has 0 aromatic carbocycles. The molecule has 120 valence electrons. The van der Waals surface area contributed by atoms with Crippen molar-refractivity contribution in [1.29, 1.82) is 0 Å². The lowest BCUT2D eigenvalue weighted by Crippen LogP contribution is -2.42. The number of carbonyl (C=O) groups is 1. The molecule has 1 aliphatic rings. The van der Waals surface area contributed by atoms with Gasteiger partial charge in [0.05, 0.1) is 36.8 Å². The molecule has 0 spiro atoms. The fraction of sp³-hybridized carbons (Fsp3) is 0.375. The fourth-order valence-electron chi connectivity index (χ4n) is 2.48. The average molecular weight is 313 g/mol. The molecule has 3 heterocycles. The van der Waals surface area contributed by atoms with Gasteiger partial charge in [-0.05, 0) is 18.2 Å². The topological polar surface area (TPSA) is 71.5 Å². The summed E-state index contributed by atoms with van der Waals surface area (Å²) in [7, 11) is 3.89. The fourth-order valence-corrected chi connectivity index (χ4v) is 2.48. The molecule has 7 heteroatoms. The van der Waals surface area contributed by atoms with Gasteiger partial charge in [0.15, 0.2) is 0 Å². The first-order chi connectivity index (χ1) is 11.1. The third-order valence-corrected chi connectivity index (χ3v) is 3.73. The van der Waals surface area contributed by atoms with E-state index in [1.165, 1.54) is 12.4 Å². The highest BCUT2D eigenvalue weighted by molar-refractivity contribution is 5.93. The van der Waals surface area contributed by atoms with E-state index in [2.05, 4.69) is 15.2 Å². The van der Waals surface area contributed by atoms with Gasteiger partial charge in [-0.15, -0.1) is 0 Å². The van der Waals surface area contributed by atoms with Crippen molar-refractivity contribution in [3.8, 4) is 0 Å². The molecule has 2 aromatic rings. The summed E-state index contributed by atoms with van der Waals surface area (Å²) in [6.07, 6.45) is 2.78. The van der Waals surface area contributed by atoms with Crippen LogP contribution in [0.25, 0.3) is 0 Å². The molecule has 1 saturated heterocycles. The molecule has 0 radical (unpaired) electrons. The van der Waals surface area contributed by atoms with E-state index < -0.39 is 0 Å². The summed E-state index contributed by atoms with van der Waals surface area (Å²) < 4.78 is 5.81. The Kier molecular flexibility index (Phi) is 4.47. The van der Waals surface area contributed by atoms with Crippen molar-refractivity contribution in [2.75, 3.05) is 38.7 Å². The van der Waals surface area contributed by atoms with E-state index in [0.717, 1.165) is 11.5 Å². The molecule has 7 nitrogen and oxygen atoms in total. The van der Waals surface area contributed by atoms with Crippen LogP contribution < -0.4 is 4.90 Å². The average Bonchev–Trinajstić information content (AvgIpc) is 2.62. The number of carbonyl (C=O) groups excluding carboxylic acids is 1. The van der Waals surface area contributed by atoms with Crippen LogP contribution in [-0.4, -0.2) is 59.8 Å². The second-order valence-corrected chi connectivity index (χ2v) is 5.56. The maximum Gasteiger partial charge on any atom is 0.255 e. The number of anilines is 1. The minimum absolute atomic E-state index is 0.0584. The normalized spacial score (nSPS) is 17.8. The van der Waals surface area contributed by atoms with E-state index in [1.54, 1.807) is 11.0 Å². The van der Waals surface area contributed by atoms with Crippen LogP contribution in [0.2, 0.25) is 0 Å². The van der Waals surface area contributed by atoms with Crippen molar-refractivity contribution in [1.82, 2.24) is 20.1 Å². The predicted molar refractivity (Wildman–Crippen MR) is 85.2 cm³/mol. The number of aromatic nitrogens is 3. The van der Waals surface area contributed by atoms with Crippen LogP contribution in [-0.2, 0) is 4.74 Å². The number of morpholine rings is 1. The van der Waals surface area contributed by atoms with Gasteiger partial charge in [0, 0.05) is 20.6 Å². The summed E-state index contributed by atoms with van der Waals surface area (Å²) >= 11 is 0. The second-order valence-electron chi connectivity index (χ2n) is 5.56. The Balaban J connectivity index is 1.76. The molecule has 1 fully saturated rings. The first-order valence-electron chi connectivity index (χ1n) is 7.47. The van der Waals surface area contributed by atoms with Gasteiger partial charge in [-0.3, -0.25) is 4.79 Å². The molecule has 1 atom stereocenters. The molecule has 1 aliphatic heterocycles. The van der Waals surface area contributed by atoms with Crippen LogP contribution in [0.5, 0.6) is 0 Å². The minimum Gasteiger partial charge on any atom is -0.368 e. The van der Waals surface area contributed by atoms with Crippen LogP contribution in [0.4, 0.5) is 5.82 Å². The lowest BCUT2D eigenvalue weighted by Gasteiger charge is -2.33. The van der Waals surface area contributed by atoms with Gasteiger partial charge in [-0.1, -0.05) is 6.07 Å². The van der Waals surface area contributed by atoms with Gasteiger partial charge in [0.1, 0.15) is 11.9 Å². The van der Waals surface area contributed by atoms with Crippen molar-refractivity contribution < 1.29 is 9.53 Å². The summed E-state index contributed by atoms with van der Waals surface area (Å²) in [5.41, 5.74) is 1.37. The minimum atomic E-state index is -0.220. The van der Waals surface area contributed by atoms with E-state index >= 15 is 0 Å². The zero-order valence-corrected chi connectivity index (χ0v) is 13.2. The highest BCUT2D eigenvalue weighted by atomic mass is 16.5. The lowest BCUT2D eigenvalue weighted by atomic mass is 10.1. The molecule has 0 aliphatic carbocycles. The second kappa shape index (κ2) is 6.70. The van der Waals surface area contributed by atoms with Gasteiger partial charge in [0.25, 0.3) is 5.91 Å². The highest BCUT2D eigenvalue weighted by Gasteiger charge is 2.27. The predicted octanol–water partition coefficient (Wildman–Crippen LogP) is 1.15. The Labute approximate surface area is 134 Å². The number of hydrogen-bond donors (Lipinski definition) is 0. The first-order valence-corrected chi connectivity index (χ1v) is 7.47. The van der Waals surface area contributed by atoms with Crippen LogP contribution >= 0.6 is 0 Å². The van der Waals surface area contributed by atoms with Gasteiger partial charge < -0.3 is 14.5 Å². The third-order valence-electron chi connectivity index (χ3n) is 3.73. The van der Waals surface area contributed by atoms with E-state index in [4.69, 9.17) is 4.74 Å². The molecule has 2 aromatic heterocycles. The molecule has 0 bridgehead atoms. The Morgan fingerprint density at radius 1 is 1.30 bits per heavy atom. The van der Waals surface area contributed by atoms with Crippen LogP contribution in [0, 0.1) is 0 Å². The Morgan fingerprint density at radius 2 is 2.17 bits per heavy atom. The van der Waals surface area contributed by atoms with E-state index in [-0.39, 0.29) is 12.0 Å². The van der Waals surface area contributed by atoms with Gasteiger partial charge in [-0.25, -0.2) is 4.98 Å². The molecule has 1 unspecified atom stereocenters. The third kappa shape index (κ3) is 3.45. The SMILES string of the molecule is CN(C)c1cccc(C2CN(C(=O)c3ccnnc3)CCO2)n1. The molecular formula is C16H19N5O2. The van der Waals surface area contributed by atoms with Gasteiger partial charge >= 0.3 is 0 Å². The summed E-state index contributed by atoms with van der Waals surface area (Å²) in [6, 6.07) is 7.50. The van der Waals surface area contributed by atoms with Crippen LogP contribution in [0.3, 0.4) is 0 Å². The monoisotopic (exact) mass is 313 g/mol. The van der Waals surface area contributed by atoms with Crippen molar-refractivity contribution in [2.45, 2.75) is 6.10 Å². The Bertz CT molecular complexity index is 677. The maximum absolute atomic E-state index is 12.5. The summed E-state index contributed by atoms with van der Waals surface area (Å²) in [6.45, 7) is 1.53. The number of amides is 1. The molecule has 0 saturated carbocycles. The number of rotatable bonds is 3. The quantitative estimate of drug-likeness (QED) is 0.846. The standard InChI is InChI=1S/C16H19N5O2/c1-20(2)15-5-3-4-13(19-15)14-11-21(8-9-23-14)16(22)12-6-7-17-18-10-12/h3-7,10,14H,8-9,11H2,1-2H3. The Hall–Kier alpha value is -2.54. The van der Waals surface area contributed by atoms with Crippen molar-refractivity contribution in [3.05, 3.63) is 47.9 Å². The lowest BCUT2D eigenvalue weighted by molar-refractivity contribution is -0.0247. The zero-order chi connectivity index (χ0) is 16.2. The van der Waals surface area contributed by atoms with Crippen LogP contribution in [0.15, 0.2) is 36.7 Å². The summed E-state index contributed by atoms with van der Waals surface area (Å²) in [5, 5.41) is 7.46. The highest BCUT2D eigenvalue weighted by Crippen LogP contribution is 2.23. The van der Waals surface area contributed by atoms with E-state index in [0.29, 0.717) is 25.3 Å². The maximum atomic E-state index is 12.5. The summed E-state index contributed by atoms with van der Waals surface area (Å²) in [4.78, 5) is 20.8.